The molecule has 3 nitrogen and oxygen atoms in total. The van der Waals surface area contributed by atoms with Crippen LogP contribution in [0.15, 0.2) is 0 Å². The number of hydrogen-bond acceptors (Lipinski definition) is 3. The highest BCUT2D eigenvalue weighted by molar-refractivity contribution is 5.05. The molecule has 2 fully saturated rings. The highest BCUT2D eigenvalue weighted by atomic mass is 16.5. The maximum Gasteiger partial charge on any atom is 0.116 e. The van der Waals surface area contributed by atoms with Gasteiger partial charge < -0.3 is 10.1 Å². The molecule has 2 rings (SSSR count). The summed E-state index contributed by atoms with van der Waals surface area (Å²) in [6, 6.07) is 2.34. The van der Waals surface area contributed by atoms with E-state index in [0.29, 0.717) is 13.2 Å². The fourth-order valence-corrected chi connectivity index (χ4v) is 1.77. The molecule has 0 atom stereocenters. The Bertz CT molecular complexity index is 213. The van der Waals surface area contributed by atoms with Crippen LogP contribution < -0.4 is 5.32 Å². The normalized spacial score (nSPS) is 25.8. The summed E-state index contributed by atoms with van der Waals surface area (Å²) >= 11 is 0. The Labute approximate surface area is 79.1 Å². The molecule has 2 aliphatic rings. The predicted molar refractivity (Wildman–Crippen MR) is 49.1 cm³/mol. The van der Waals surface area contributed by atoms with Crippen molar-refractivity contribution in [3.8, 4) is 6.07 Å². The minimum absolute atomic E-state index is 0.205. The van der Waals surface area contributed by atoms with Gasteiger partial charge in [-0.15, -0.1) is 0 Å². The van der Waals surface area contributed by atoms with E-state index in [1.807, 2.05) is 0 Å². The van der Waals surface area contributed by atoms with E-state index in [4.69, 9.17) is 10.00 Å². The third-order valence-electron chi connectivity index (χ3n) is 3.12. The lowest BCUT2D eigenvalue weighted by molar-refractivity contribution is -0.0758. The molecule has 1 saturated heterocycles. The molecule has 0 bridgehead atoms. The topological polar surface area (TPSA) is 45.0 Å². The molecule has 0 unspecified atom stereocenters. The zero-order valence-electron chi connectivity index (χ0n) is 7.88. The van der Waals surface area contributed by atoms with Gasteiger partial charge >= 0.3 is 0 Å². The van der Waals surface area contributed by atoms with E-state index in [9.17, 15) is 0 Å². The van der Waals surface area contributed by atoms with E-state index < -0.39 is 0 Å². The van der Waals surface area contributed by atoms with Gasteiger partial charge in [-0.3, -0.25) is 0 Å². The second-order valence-electron chi connectivity index (χ2n) is 4.31. The van der Waals surface area contributed by atoms with Gasteiger partial charge in [0.05, 0.1) is 19.3 Å². The van der Waals surface area contributed by atoms with Crippen LogP contribution in [0, 0.1) is 22.7 Å². The molecule has 72 valence electrons. The zero-order chi connectivity index (χ0) is 9.15. The van der Waals surface area contributed by atoms with Crippen molar-refractivity contribution in [3.05, 3.63) is 0 Å². The molecule has 0 aromatic rings. The Morgan fingerprint density at radius 1 is 1.46 bits per heavy atom. The van der Waals surface area contributed by atoms with Crippen molar-refractivity contribution in [1.82, 2.24) is 5.32 Å². The number of ether oxygens (including phenoxy) is 1. The molecule has 1 saturated carbocycles. The first-order valence-corrected chi connectivity index (χ1v) is 5.04. The molecule has 1 aliphatic carbocycles. The summed E-state index contributed by atoms with van der Waals surface area (Å²) in [5, 5.41) is 12.3. The number of nitrogens with zero attached hydrogens (tertiary/aromatic N) is 1. The first-order valence-electron chi connectivity index (χ1n) is 5.04. The Balaban J connectivity index is 1.63. The van der Waals surface area contributed by atoms with Crippen molar-refractivity contribution in [1.29, 1.82) is 5.26 Å². The average Bonchev–Trinajstić information content (AvgIpc) is 1.99. The smallest absolute Gasteiger partial charge is 0.116 e. The van der Waals surface area contributed by atoms with Crippen LogP contribution in [0.5, 0.6) is 0 Å². The lowest BCUT2D eigenvalue weighted by Crippen LogP contribution is -2.49. The molecule has 0 aromatic carbocycles. The van der Waals surface area contributed by atoms with Gasteiger partial charge in [-0.25, -0.2) is 0 Å². The van der Waals surface area contributed by atoms with Gasteiger partial charge in [-0.05, 0) is 25.3 Å². The van der Waals surface area contributed by atoms with Crippen molar-refractivity contribution in [3.63, 3.8) is 0 Å². The van der Waals surface area contributed by atoms with E-state index in [1.165, 1.54) is 19.3 Å². The van der Waals surface area contributed by atoms with Crippen molar-refractivity contribution < 1.29 is 4.74 Å². The second-order valence-corrected chi connectivity index (χ2v) is 4.31. The second kappa shape index (κ2) is 3.65. The molecule has 0 radical (unpaired) electrons. The van der Waals surface area contributed by atoms with E-state index in [0.717, 1.165) is 19.0 Å². The van der Waals surface area contributed by atoms with Crippen LogP contribution in [0.25, 0.3) is 0 Å². The van der Waals surface area contributed by atoms with Crippen LogP contribution in [-0.2, 0) is 4.74 Å². The lowest BCUT2D eigenvalue weighted by Gasteiger charge is -2.36. The molecule has 0 spiro atoms. The summed E-state index contributed by atoms with van der Waals surface area (Å²) in [5.41, 5.74) is -0.205. The van der Waals surface area contributed by atoms with E-state index in [-0.39, 0.29) is 5.41 Å². The van der Waals surface area contributed by atoms with Crippen molar-refractivity contribution in [2.24, 2.45) is 11.3 Å². The number of nitriles is 1. The molecule has 0 aromatic heterocycles. The van der Waals surface area contributed by atoms with Gasteiger partial charge in [0.2, 0.25) is 0 Å². The van der Waals surface area contributed by atoms with Gasteiger partial charge in [0, 0.05) is 6.54 Å². The van der Waals surface area contributed by atoms with Crippen molar-refractivity contribution in [2.75, 3.05) is 26.3 Å². The third-order valence-corrected chi connectivity index (χ3v) is 3.12. The van der Waals surface area contributed by atoms with Crippen LogP contribution in [0.4, 0.5) is 0 Å². The molecule has 1 heterocycles. The summed E-state index contributed by atoms with van der Waals surface area (Å²) in [4.78, 5) is 0. The Hall–Kier alpha value is -0.590. The quantitative estimate of drug-likeness (QED) is 0.699. The number of nitrogens with one attached hydrogen (secondary N) is 1. The average molecular weight is 180 g/mol. The summed E-state index contributed by atoms with van der Waals surface area (Å²) in [6.45, 7) is 3.12. The summed E-state index contributed by atoms with van der Waals surface area (Å²) in [7, 11) is 0. The molecule has 0 amide bonds. The number of hydrogen-bond donors (Lipinski definition) is 1. The van der Waals surface area contributed by atoms with Gasteiger partial charge in [-0.1, -0.05) is 6.42 Å². The molecule has 3 heteroatoms. The zero-order valence-corrected chi connectivity index (χ0v) is 7.88. The van der Waals surface area contributed by atoms with Crippen LogP contribution in [0.2, 0.25) is 0 Å². The third kappa shape index (κ3) is 1.84. The highest BCUT2D eigenvalue weighted by Gasteiger charge is 2.38. The Kier molecular flexibility index (Phi) is 2.52. The van der Waals surface area contributed by atoms with E-state index in [2.05, 4.69) is 11.4 Å². The van der Waals surface area contributed by atoms with E-state index >= 15 is 0 Å². The largest absolute Gasteiger partial charge is 0.378 e. The van der Waals surface area contributed by atoms with Gasteiger partial charge in [-0.2, -0.15) is 5.26 Å². The fourth-order valence-electron chi connectivity index (χ4n) is 1.77. The monoisotopic (exact) mass is 180 g/mol. The van der Waals surface area contributed by atoms with Crippen LogP contribution in [0.3, 0.4) is 0 Å². The lowest BCUT2D eigenvalue weighted by atomic mass is 9.84. The highest BCUT2D eigenvalue weighted by Crippen LogP contribution is 2.27. The molecular weight excluding hydrogens is 164 g/mol. The maximum absolute atomic E-state index is 8.90. The SMILES string of the molecule is N#CC1(CNCC2CCC2)COC1. The maximum atomic E-state index is 8.90. The summed E-state index contributed by atoms with van der Waals surface area (Å²) < 4.78 is 5.06. The van der Waals surface area contributed by atoms with Crippen LogP contribution in [-0.4, -0.2) is 26.3 Å². The van der Waals surface area contributed by atoms with Crippen LogP contribution in [0.1, 0.15) is 19.3 Å². The fraction of sp³-hybridized carbons (Fsp3) is 0.900. The van der Waals surface area contributed by atoms with Crippen molar-refractivity contribution in [2.45, 2.75) is 19.3 Å². The first kappa shape index (κ1) is 8.98. The Morgan fingerprint density at radius 2 is 2.23 bits per heavy atom. The van der Waals surface area contributed by atoms with Gasteiger partial charge in [0.1, 0.15) is 5.41 Å². The molecule has 1 aliphatic heterocycles. The summed E-state index contributed by atoms with van der Waals surface area (Å²) in [6.07, 6.45) is 4.12. The van der Waals surface area contributed by atoms with E-state index in [1.54, 1.807) is 0 Å². The number of rotatable bonds is 4. The molecule has 13 heavy (non-hydrogen) atoms. The van der Waals surface area contributed by atoms with Gasteiger partial charge in [0.15, 0.2) is 0 Å². The Morgan fingerprint density at radius 3 is 2.62 bits per heavy atom. The molecule has 1 N–H and O–H groups in total. The van der Waals surface area contributed by atoms with Crippen LogP contribution >= 0.6 is 0 Å². The minimum atomic E-state index is -0.205. The first-order chi connectivity index (χ1) is 6.35. The summed E-state index contributed by atoms with van der Waals surface area (Å²) in [5.74, 6) is 0.872. The van der Waals surface area contributed by atoms with Crippen molar-refractivity contribution >= 4 is 0 Å². The molecular formula is C10H16N2O. The van der Waals surface area contributed by atoms with Gasteiger partial charge in [0.25, 0.3) is 0 Å². The predicted octanol–water partition coefficient (Wildman–Crippen LogP) is 0.916. The standard InChI is InChI=1S/C10H16N2O/c11-5-10(7-13-8-10)6-12-4-9-2-1-3-9/h9,12H,1-4,6-8H2. The minimum Gasteiger partial charge on any atom is -0.378 e.